The summed E-state index contributed by atoms with van der Waals surface area (Å²) in [5.74, 6) is 0. The number of sulfonamides is 1. The van der Waals surface area contributed by atoms with Gasteiger partial charge in [0.05, 0.1) is 17.1 Å². The number of nitrogens with zero attached hydrogens (tertiary/aromatic N) is 2. The van der Waals surface area contributed by atoms with Crippen LogP contribution in [0.4, 0.5) is 0 Å². The van der Waals surface area contributed by atoms with Gasteiger partial charge in [0.1, 0.15) is 0 Å². The first-order valence-corrected chi connectivity index (χ1v) is 8.36. The third-order valence-corrected chi connectivity index (χ3v) is 5.12. The fourth-order valence-electron chi connectivity index (χ4n) is 2.16. The number of nitrogens with one attached hydrogen (secondary N) is 1. The fraction of sp³-hybridized carbons (Fsp3) is 0.400. The maximum absolute atomic E-state index is 12.2. The Kier molecular flexibility index (Phi) is 4.49. The largest absolute Gasteiger partial charge is 0.268 e. The molecule has 6 heteroatoms. The molecule has 21 heavy (non-hydrogen) atoms. The summed E-state index contributed by atoms with van der Waals surface area (Å²) in [7, 11) is -3.46. The molecule has 2 aromatic rings. The molecule has 1 heterocycles. The average Bonchev–Trinajstić information content (AvgIpc) is 2.66. The highest BCUT2D eigenvalue weighted by Crippen LogP contribution is 2.12. The molecule has 0 spiro atoms. The number of benzene rings is 1. The van der Waals surface area contributed by atoms with Gasteiger partial charge < -0.3 is 0 Å². The van der Waals surface area contributed by atoms with E-state index in [0.29, 0.717) is 18.0 Å². The predicted molar refractivity (Wildman–Crippen MR) is 82.8 cm³/mol. The van der Waals surface area contributed by atoms with Crippen molar-refractivity contribution in [1.29, 1.82) is 0 Å². The van der Waals surface area contributed by atoms with Crippen LogP contribution in [0, 0.1) is 27.7 Å². The fourth-order valence-corrected chi connectivity index (χ4v) is 3.28. The van der Waals surface area contributed by atoms with E-state index < -0.39 is 10.0 Å². The Hall–Kier alpha value is -1.66. The van der Waals surface area contributed by atoms with Gasteiger partial charge in [0.2, 0.25) is 10.0 Å². The Balaban J connectivity index is 2.04. The summed E-state index contributed by atoms with van der Waals surface area (Å²) in [5, 5.41) is 4.40. The Labute approximate surface area is 126 Å². The average molecular weight is 307 g/mol. The Morgan fingerprint density at radius 2 is 1.90 bits per heavy atom. The molecular weight excluding hydrogens is 286 g/mol. The minimum Gasteiger partial charge on any atom is -0.268 e. The van der Waals surface area contributed by atoms with Gasteiger partial charge in [-0.3, -0.25) is 4.68 Å². The summed E-state index contributed by atoms with van der Waals surface area (Å²) in [6.07, 6.45) is 0. The van der Waals surface area contributed by atoms with E-state index in [4.69, 9.17) is 0 Å². The van der Waals surface area contributed by atoms with Crippen molar-refractivity contribution in [3.8, 4) is 0 Å². The van der Waals surface area contributed by atoms with E-state index >= 15 is 0 Å². The number of hydrogen-bond acceptors (Lipinski definition) is 3. The van der Waals surface area contributed by atoms with E-state index in [1.54, 1.807) is 18.2 Å². The van der Waals surface area contributed by atoms with Gasteiger partial charge in [-0.05, 0) is 51.0 Å². The van der Waals surface area contributed by atoms with Crippen molar-refractivity contribution in [3.05, 3.63) is 46.8 Å². The molecule has 0 amide bonds. The molecular formula is C15H21N3O2S. The monoisotopic (exact) mass is 307 g/mol. The van der Waals surface area contributed by atoms with Crippen molar-refractivity contribution in [1.82, 2.24) is 14.5 Å². The van der Waals surface area contributed by atoms with Crippen LogP contribution in [0.2, 0.25) is 0 Å². The first kappa shape index (κ1) is 15.7. The standard InChI is InChI=1S/C15H21N3O2S/c1-11-6-5-7-15(10-11)21(19,20)16-8-9-18-14(4)12(2)13(3)17-18/h5-7,10,16H,8-9H2,1-4H3. The van der Waals surface area contributed by atoms with E-state index in [0.717, 1.165) is 22.5 Å². The lowest BCUT2D eigenvalue weighted by atomic mass is 10.2. The van der Waals surface area contributed by atoms with Crippen LogP contribution in [0.3, 0.4) is 0 Å². The summed E-state index contributed by atoms with van der Waals surface area (Å²) < 4.78 is 28.8. The Morgan fingerprint density at radius 3 is 2.48 bits per heavy atom. The molecule has 0 radical (unpaired) electrons. The van der Waals surface area contributed by atoms with Gasteiger partial charge in [-0.15, -0.1) is 0 Å². The Bertz CT molecular complexity index is 748. The molecule has 0 saturated carbocycles. The number of aryl methyl sites for hydroxylation is 2. The number of hydrogen-bond donors (Lipinski definition) is 1. The summed E-state index contributed by atoms with van der Waals surface area (Å²) >= 11 is 0. The van der Waals surface area contributed by atoms with E-state index in [9.17, 15) is 8.42 Å². The first-order valence-electron chi connectivity index (χ1n) is 6.88. The highest BCUT2D eigenvalue weighted by Gasteiger charge is 2.14. The molecule has 0 aliphatic heterocycles. The number of rotatable bonds is 5. The molecule has 0 aliphatic carbocycles. The molecule has 0 unspecified atom stereocenters. The van der Waals surface area contributed by atoms with E-state index in [-0.39, 0.29) is 0 Å². The molecule has 5 nitrogen and oxygen atoms in total. The molecule has 1 aromatic heterocycles. The zero-order chi connectivity index (χ0) is 15.6. The van der Waals surface area contributed by atoms with E-state index in [1.807, 2.05) is 38.4 Å². The van der Waals surface area contributed by atoms with Gasteiger partial charge in [-0.25, -0.2) is 13.1 Å². The normalized spacial score (nSPS) is 11.8. The summed E-state index contributed by atoms with van der Waals surface area (Å²) in [4.78, 5) is 0.298. The van der Waals surface area contributed by atoms with Crippen LogP contribution in [-0.4, -0.2) is 24.7 Å². The lowest BCUT2D eigenvalue weighted by Gasteiger charge is -2.08. The van der Waals surface area contributed by atoms with Crippen molar-refractivity contribution in [2.75, 3.05) is 6.54 Å². The molecule has 114 valence electrons. The van der Waals surface area contributed by atoms with Crippen LogP contribution in [0.25, 0.3) is 0 Å². The molecule has 0 aliphatic rings. The van der Waals surface area contributed by atoms with Crippen molar-refractivity contribution in [3.63, 3.8) is 0 Å². The van der Waals surface area contributed by atoms with Crippen LogP contribution >= 0.6 is 0 Å². The van der Waals surface area contributed by atoms with Crippen molar-refractivity contribution in [2.45, 2.75) is 39.1 Å². The molecule has 0 atom stereocenters. The van der Waals surface area contributed by atoms with Crippen molar-refractivity contribution >= 4 is 10.0 Å². The third-order valence-electron chi connectivity index (χ3n) is 3.66. The highest BCUT2D eigenvalue weighted by atomic mass is 32.2. The topological polar surface area (TPSA) is 64.0 Å². The third kappa shape index (κ3) is 3.51. The predicted octanol–water partition coefficient (Wildman–Crippen LogP) is 2.10. The van der Waals surface area contributed by atoms with Crippen LogP contribution in [0.1, 0.15) is 22.5 Å². The second-order valence-corrected chi connectivity index (χ2v) is 7.00. The second kappa shape index (κ2) is 5.99. The smallest absolute Gasteiger partial charge is 0.240 e. The van der Waals surface area contributed by atoms with Crippen LogP contribution < -0.4 is 4.72 Å². The number of aromatic nitrogens is 2. The van der Waals surface area contributed by atoms with Gasteiger partial charge in [0.25, 0.3) is 0 Å². The minimum atomic E-state index is -3.46. The first-order chi connectivity index (χ1) is 9.81. The van der Waals surface area contributed by atoms with Crippen LogP contribution in [-0.2, 0) is 16.6 Å². The van der Waals surface area contributed by atoms with Gasteiger partial charge in [0.15, 0.2) is 0 Å². The van der Waals surface area contributed by atoms with Gasteiger partial charge in [0, 0.05) is 12.2 Å². The molecule has 0 bridgehead atoms. The highest BCUT2D eigenvalue weighted by molar-refractivity contribution is 7.89. The van der Waals surface area contributed by atoms with E-state index in [1.165, 1.54) is 0 Å². The van der Waals surface area contributed by atoms with E-state index in [2.05, 4.69) is 9.82 Å². The van der Waals surface area contributed by atoms with Crippen LogP contribution in [0.5, 0.6) is 0 Å². The molecule has 0 fully saturated rings. The van der Waals surface area contributed by atoms with Crippen molar-refractivity contribution in [2.24, 2.45) is 0 Å². The minimum absolute atomic E-state index is 0.298. The zero-order valence-corrected chi connectivity index (χ0v) is 13.7. The van der Waals surface area contributed by atoms with Gasteiger partial charge in [-0.2, -0.15) is 5.10 Å². The molecule has 1 N–H and O–H groups in total. The van der Waals surface area contributed by atoms with Crippen LogP contribution in [0.15, 0.2) is 29.2 Å². The van der Waals surface area contributed by atoms with Gasteiger partial charge >= 0.3 is 0 Å². The van der Waals surface area contributed by atoms with Gasteiger partial charge in [-0.1, -0.05) is 12.1 Å². The summed E-state index contributed by atoms with van der Waals surface area (Å²) in [6, 6.07) is 6.88. The maximum Gasteiger partial charge on any atom is 0.240 e. The zero-order valence-electron chi connectivity index (χ0n) is 12.8. The second-order valence-electron chi connectivity index (χ2n) is 5.23. The quantitative estimate of drug-likeness (QED) is 0.920. The summed E-state index contributed by atoms with van der Waals surface area (Å²) in [6.45, 7) is 8.67. The SMILES string of the molecule is Cc1cccc(S(=O)(=O)NCCn2nc(C)c(C)c2C)c1. The Morgan fingerprint density at radius 1 is 1.19 bits per heavy atom. The molecule has 0 saturated heterocycles. The molecule has 1 aromatic carbocycles. The van der Waals surface area contributed by atoms with Crippen molar-refractivity contribution < 1.29 is 8.42 Å². The maximum atomic E-state index is 12.2. The molecule has 2 rings (SSSR count). The lowest BCUT2D eigenvalue weighted by molar-refractivity contribution is 0.554. The summed E-state index contributed by atoms with van der Waals surface area (Å²) in [5.41, 5.74) is 4.12. The lowest BCUT2D eigenvalue weighted by Crippen LogP contribution is -2.28.